The fraction of sp³-hybridized carbons (Fsp3) is 0.227. The summed E-state index contributed by atoms with van der Waals surface area (Å²) in [6, 6.07) is 20.3. The highest BCUT2D eigenvalue weighted by atomic mass is 16.6. The lowest BCUT2D eigenvalue weighted by molar-refractivity contribution is 0.0512. The van der Waals surface area contributed by atoms with E-state index in [4.69, 9.17) is 4.74 Å². The van der Waals surface area contributed by atoms with Crippen LogP contribution in [0.3, 0.4) is 0 Å². The number of phenols is 1. The van der Waals surface area contributed by atoms with E-state index in [1.807, 2.05) is 81.4 Å². The molecule has 3 aromatic rings. The van der Waals surface area contributed by atoms with Gasteiger partial charge in [0.2, 0.25) is 0 Å². The fourth-order valence-corrected chi connectivity index (χ4v) is 2.98. The summed E-state index contributed by atoms with van der Waals surface area (Å²) < 4.78 is 5.43. The molecule has 0 radical (unpaired) electrons. The molecule has 0 spiro atoms. The third-order valence-electron chi connectivity index (χ3n) is 4.03. The van der Waals surface area contributed by atoms with Gasteiger partial charge in [0.05, 0.1) is 6.04 Å². The maximum absolute atomic E-state index is 12.4. The third-order valence-corrected chi connectivity index (χ3v) is 4.03. The van der Waals surface area contributed by atoms with Crippen molar-refractivity contribution in [3.8, 4) is 5.75 Å². The van der Waals surface area contributed by atoms with Crippen LogP contribution in [0.1, 0.15) is 37.9 Å². The molecule has 3 aromatic carbocycles. The Morgan fingerprint density at radius 2 is 1.62 bits per heavy atom. The number of aromatic hydroxyl groups is 1. The largest absolute Gasteiger partial charge is 0.508 e. The Morgan fingerprint density at radius 3 is 2.31 bits per heavy atom. The van der Waals surface area contributed by atoms with E-state index in [1.54, 1.807) is 6.07 Å². The van der Waals surface area contributed by atoms with Crippen molar-refractivity contribution < 1.29 is 14.6 Å². The van der Waals surface area contributed by atoms with Crippen LogP contribution in [0.5, 0.6) is 5.75 Å². The number of phenolic OH excluding ortho intramolecular Hbond substituents is 1. The average molecular weight is 349 g/mol. The quantitative estimate of drug-likeness (QED) is 0.687. The Kier molecular flexibility index (Phi) is 4.85. The summed E-state index contributed by atoms with van der Waals surface area (Å²) in [7, 11) is 0. The number of carbonyl (C=O) groups is 1. The van der Waals surface area contributed by atoms with Crippen LogP contribution < -0.4 is 5.32 Å². The molecule has 26 heavy (non-hydrogen) atoms. The van der Waals surface area contributed by atoms with Gasteiger partial charge in [0.1, 0.15) is 11.4 Å². The molecular weight excluding hydrogens is 326 g/mol. The standard InChI is InChI=1S/C22H23NO3/c1-22(2,3)26-21(25)23-20(16-10-5-4-6-11-16)19-17-12-8-7-9-15(17)13-14-18(19)24/h4-14,20,24H,1-3H3,(H,23,25). The molecule has 4 nitrogen and oxygen atoms in total. The van der Waals surface area contributed by atoms with Crippen LogP contribution in [0.25, 0.3) is 10.8 Å². The van der Waals surface area contributed by atoms with Crippen molar-refractivity contribution in [1.29, 1.82) is 0 Å². The van der Waals surface area contributed by atoms with E-state index in [1.165, 1.54) is 0 Å². The predicted molar refractivity (Wildman–Crippen MR) is 103 cm³/mol. The maximum atomic E-state index is 12.4. The number of hydrogen-bond acceptors (Lipinski definition) is 3. The first kappa shape index (κ1) is 17.8. The van der Waals surface area contributed by atoms with Gasteiger partial charge in [0.15, 0.2) is 0 Å². The minimum Gasteiger partial charge on any atom is -0.508 e. The number of alkyl carbamates (subject to hydrolysis) is 1. The van der Waals surface area contributed by atoms with Crippen molar-refractivity contribution in [3.63, 3.8) is 0 Å². The zero-order valence-electron chi connectivity index (χ0n) is 15.2. The van der Waals surface area contributed by atoms with Gasteiger partial charge in [-0.1, -0.05) is 60.7 Å². The first-order valence-corrected chi connectivity index (χ1v) is 8.60. The molecule has 134 valence electrons. The van der Waals surface area contributed by atoms with Crippen LogP contribution in [0, 0.1) is 0 Å². The summed E-state index contributed by atoms with van der Waals surface area (Å²) in [5, 5.41) is 15.4. The lowest BCUT2D eigenvalue weighted by Crippen LogP contribution is -2.35. The number of benzene rings is 3. The molecule has 1 unspecified atom stereocenters. The summed E-state index contributed by atoms with van der Waals surface area (Å²) in [6.07, 6.45) is -0.529. The fourth-order valence-electron chi connectivity index (χ4n) is 2.98. The molecule has 0 saturated carbocycles. The lowest BCUT2D eigenvalue weighted by atomic mass is 9.93. The van der Waals surface area contributed by atoms with E-state index in [0.717, 1.165) is 16.3 Å². The van der Waals surface area contributed by atoms with Gasteiger partial charge in [-0.2, -0.15) is 0 Å². The predicted octanol–water partition coefficient (Wildman–Crippen LogP) is 5.16. The van der Waals surface area contributed by atoms with E-state index in [0.29, 0.717) is 5.56 Å². The van der Waals surface area contributed by atoms with Crippen molar-refractivity contribution in [2.24, 2.45) is 0 Å². The van der Waals surface area contributed by atoms with E-state index in [-0.39, 0.29) is 5.75 Å². The normalized spacial score (nSPS) is 12.6. The van der Waals surface area contributed by atoms with Crippen LogP contribution in [-0.2, 0) is 4.74 Å². The van der Waals surface area contributed by atoms with E-state index < -0.39 is 17.7 Å². The van der Waals surface area contributed by atoms with E-state index in [9.17, 15) is 9.90 Å². The molecule has 1 atom stereocenters. The second-order valence-electron chi connectivity index (χ2n) is 7.21. The number of fused-ring (bicyclic) bond motifs is 1. The average Bonchev–Trinajstić information content (AvgIpc) is 2.59. The Hall–Kier alpha value is -3.01. The summed E-state index contributed by atoms with van der Waals surface area (Å²) in [5.74, 6) is 0.133. The zero-order chi connectivity index (χ0) is 18.7. The molecule has 0 aliphatic heterocycles. The number of amides is 1. The molecule has 0 fully saturated rings. The molecule has 3 rings (SSSR count). The van der Waals surface area contributed by atoms with Gasteiger partial charge in [0, 0.05) is 5.56 Å². The van der Waals surface area contributed by atoms with Gasteiger partial charge in [0.25, 0.3) is 0 Å². The number of carbonyl (C=O) groups excluding carboxylic acids is 1. The van der Waals surface area contributed by atoms with E-state index >= 15 is 0 Å². The van der Waals surface area contributed by atoms with Crippen molar-refractivity contribution in [3.05, 3.63) is 77.9 Å². The monoisotopic (exact) mass is 349 g/mol. The number of rotatable bonds is 3. The number of nitrogens with one attached hydrogen (secondary N) is 1. The second kappa shape index (κ2) is 7.08. The molecular formula is C22H23NO3. The minimum atomic E-state index is -0.605. The topological polar surface area (TPSA) is 58.6 Å². The SMILES string of the molecule is CC(C)(C)OC(=O)NC(c1ccccc1)c1c(O)ccc2ccccc12. The van der Waals surface area contributed by atoms with Gasteiger partial charge in [-0.05, 0) is 43.2 Å². The summed E-state index contributed by atoms with van der Waals surface area (Å²) in [4.78, 5) is 12.4. The zero-order valence-corrected chi connectivity index (χ0v) is 15.2. The van der Waals surface area contributed by atoms with Gasteiger partial charge in [-0.3, -0.25) is 0 Å². The molecule has 0 heterocycles. The van der Waals surface area contributed by atoms with E-state index in [2.05, 4.69) is 5.32 Å². The Balaban J connectivity index is 2.10. The first-order chi connectivity index (χ1) is 12.3. The smallest absolute Gasteiger partial charge is 0.408 e. The summed E-state index contributed by atoms with van der Waals surface area (Å²) >= 11 is 0. The number of hydrogen-bond donors (Lipinski definition) is 2. The van der Waals surface area contributed by atoms with Crippen LogP contribution in [0.4, 0.5) is 4.79 Å². The number of ether oxygens (including phenoxy) is 1. The van der Waals surface area contributed by atoms with Gasteiger partial charge in [-0.25, -0.2) is 4.79 Å². The molecule has 2 N–H and O–H groups in total. The van der Waals surface area contributed by atoms with Crippen molar-refractivity contribution >= 4 is 16.9 Å². The molecule has 0 saturated heterocycles. The molecule has 1 amide bonds. The Morgan fingerprint density at radius 1 is 0.962 bits per heavy atom. The van der Waals surface area contributed by atoms with Crippen molar-refractivity contribution in [2.45, 2.75) is 32.4 Å². The van der Waals surface area contributed by atoms with Gasteiger partial charge < -0.3 is 15.2 Å². The molecule has 4 heteroatoms. The molecule has 0 aromatic heterocycles. The van der Waals surface area contributed by atoms with Crippen molar-refractivity contribution in [2.75, 3.05) is 0 Å². The lowest BCUT2D eigenvalue weighted by Gasteiger charge is -2.25. The highest BCUT2D eigenvalue weighted by molar-refractivity contribution is 5.89. The molecule has 0 aliphatic carbocycles. The molecule has 0 bridgehead atoms. The van der Waals surface area contributed by atoms with Crippen LogP contribution in [-0.4, -0.2) is 16.8 Å². The molecule has 0 aliphatic rings. The van der Waals surface area contributed by atoms with Crippen LogP contribution in [0.15, 0.2) is 66.7 Å². The Labute approximate surface area is 153 Å². The maximum Gasteiger partial charge on any atom is 0.408 e. The highest BCUT2D eigenvalue weighted by Crippen LogP contribution is 2.35. The first-order valence-electron chi connectivity index (χ1n) is 8.60. The van der Waals surface area contributed by atoms with Gasteiger partial charge in [-0.15, -0.1) is 0 Å². The second-order valence-corrected chi connectivity index (χ2v) is 7.21. The summed E-state index contributed by atoms with van der Waals surface area (Å²) in [5.41, 5.74) is 0.914. The summed E-state index contributed by atoms with van der Waals surface area (Å²) in [6.45, 7) is 5.46. The van der Waals surface area contributed by atoms with Gasteiger partial charge >= 0.3 is 6.09 Å². The minimum absolute atomic E-state index is 0.133. The highest BCUT2D eigenvalue weighted by Gasteiger charge is 2.25. The van der Waals surface area contributed by atoms with Crippen LogP contribution >= 0.6 is 0 Å². The third kappa shape index (κ3) is 3.97. The van der Waals surface area contributed by atoms with Crippen LogP contribution in [0.2, 0.25) is 0 Å². The van der Waals surface area contributed by atoms with Crippen molar-refractivity contribution in [1.82, 2.24) is 5.32 Å². The Bertz CT molecular complexity index is 914.